The van der Waals surface area contributed by atoms with E-state index < -0.39 is 95.1 Å². The number of aliphatic hydroxyl groups is 2. The Balaban J connectivity index is 2.43. The summed E-state index contributed by atoms with van der Waals surface area (Å²) in [6, 6.07) is 0.256. The number of carbonyl (C=O) groups is 2. The average molecular weight is 657 g/mol. The minimum Gasteiger partial charge on any atom is -0.471 e. The second kappa shape index (κ2) is 12.6. The van der Waals surface area contributed by atoms with Crippen molar-refractivity contribution < 1.29 is 64.8 Å². The van der Waals surface area contributed by atoms with E-state index in [1.165, 1.54) is 41.5 Å². The van der Waals surface area contributed by atoms with Gasteiger partial charge in [0.25, 0.3) is 11.8 Å². The van der Waals surface area contributed by atoms with Crippen LogP contribution in [0.3, 0.4) is 0 Å². The maximum Gasteiger partial charge on any atom is 0.426 e. The minimum absolute atomic E-state index is 0.0460. The number of ether oxygens (including phenoxy) is 3. The number of halogens is 6. The molecule has 3 rings (SSSR count). The number of nitrogens with zero attached hydrogens (tertiary/aromatic N) is 4. The SMILES string of the molecule is CC(C)(C)OC(=O)N(C(=O)OC(C)(C)C)c1cc(C(F)(F)F)c2nc1-c1nnc(o1)[C@@](O)(C(F)(F)F)CCCCC[C@@H](CO)O2. The van der Waals surface area contributed by atoms with Gasteiger partial charge in [0, 0.05) is 0 Å². The highest BCUT2D eigenvalue weighted by Gasteiger charge is 2.58. The lowest BCUT2D eigenvalue weighted by molar-refractivity contribution is -0.277. The topological polar surface area (TPSA) is 157 Å². The third kappa shape index (κ3) is 8.53. The normalized spacial score (nSPS) is 20.1. The molecule has 3 heterocycles. The first kappa shape index (κ1) is 35.8. The highest BCUT2D eigenvalue weighted by molar-refractivity contribution is 6.11. The molecule has 0 aliphatic carbocycles. The van der Waals surface area contributed by atoms with E-state index >= 15 is 0 Å². The van der Waals surface area contributed by atoms with Gasteiger partial charge in [-0.2, -0.15) is 31.2 Å². The van der Waals surface area contributed by atoms with Gasteiger partial charge in [0.15, 0.2) is 5.69 Å². The standard InChI is InChI=1S/C27H34F6N4O8/c1-23(2,3)44-21(39)37(22(40)45-24(4,5)6)16-12-15(26(28,29)30)18-34-17(16)19-35-36-20(43-19)25(41,27(31,32)33)11-9-7-8-10-14(13-38)42-18/h12,14,38,41H,7-11,13H2,1-6H3/t14-,25+/m0/s1. The summed E-state index contributed by atoms with van der Waals surface area (Å²) < 4.78 is 107. The highest BCUT2D eigenvalue weighted by atomic mass is 19.4. The predicted octanol–water partition coefficient (Wildman–Crippen LogP) is 6.28. The van der Waals surface area contributed by atoms with Gasteiger partial charge in [-0.1, -0.05) is 6.42 Å². The number of aromatic nitrogens is 3. The molecule has 2 aromatic rings. The van der Waals surface area contributed by atoms with Crippen LogP contribution in [0.4, 0.5) is 41.6 Å². The molecule has 45 heavy (non-hydrogen) atoms. The summed E-state index contributed by atoms with van der Waals surface area (Å²) in [5.74, 6) is -3.54. The summed E-state index contributed by atoms with van der Waals surface area (Å²) in [7, 11) is 0. The summed E-state index contributed by atoms with van der Waals surface area (Å²) in [5.41, 5.74) is -9.85. The van der Waals surface area contributed by atoms with Crippen molar-refractivity contribution in [3.05, 3.63) is 17.5 Å². The lowest BCUT2D eigenvalue weighted by atomic mass is 9.94. The summed E-state index contributed by atoms with van der Waals surface area (Å²) in [5, 5.41) is 27.3. The van der Waals surface area contributed by atoms with Crippen LogP contribution in [0.2, 0.25) is 0 Å². The molecule has 1 aliphatic rings. The van der Waals surface area contributed by atoms with Gasteiger partial charge in [-0.05, 0) is 73.3 Å². The highest BCUT2D eigenvalue weighted by Crippen LogP contribution is 2.46. The Kier molecular flexibility index (Phi) is 10.0. The fourth-order valence-corrected chi connectivity index (χ4v) is 4.12. The molecule has 2 N–H and O–H groups in total. The van der Waals surface area contributed by atoms with E-state index in [1.807, 2.05) is 0 Å². The van der Waals surface area contributed by atoms with Crippen LogP contribution in [0.15, 0.2) is 10.5 Å². The molecule has 0 aromatic carbocycles. The van der Waals surface area contributed by atoms with Crippen molar-refractivity contribution in [1.29, 1.82) is 0 Å². The van der Waals surface area contributed by atoms with Crippen LogP contribution in [-0.2, 0) is 21.3 Å². The Morgan fingerprint density at radius 3 is 2.04 bits per heavy atom. The number of pyridine rings is 1. The van der Waals surface area contributed by atoms with Gasteiger partial charge in [0.2, 0.25) is 11.5 Å². The molecular formula is C27H34F6N4O8. The first-order valence-electron chi connectivity index (χ1n) is 13.8. The quantitative estimate of drug-likeness (QED) is 0.351. The van der Waals surface area contributed by atoms with Crippen molar-refractivity contribution in [1.82, 2.24) is 15.2 Å². The van der Waals surface area contributed by atoms with E-state index in [4.69, 9.17) is 18.6 Å². The van der Waals surface area contributed by atoms with Gasteiger partial charge in [-0.25, -0.2) is 14.6 Å². The van der Waals surface area contributed by atoms with Crippen molar-refractivity contribution in [2.75, 3.05) is 11.5 Å². The zero-order chi connectivity index (χ0) is 34.2. The number of imide groups is 1. The zero-order valence-corrected chi connectivity index (χ0v) is 25.3. The third-order valence-corrected chi connectivity index (χ3v) is 6.16. The van der Waals surface area contributed by atoms with Gasteiger partial charge < -0.3 is 28.8 Å². The molecule has 0 spiro atoms. The number of anilines is 1. The molecule has 0 saturated carbocycles. The monoisotopic (exact) mass is 656 g/mol. The Labute approximate surface area is 253 Å². The molecule has 0 fully saturated rings. The van der Waals surface area contributed by atoms with Crippen LogP contribution in [0.25, 0.3) is 11.6 Å². The maximum atomic E-state index is 14.4. The summed E-state index contributed by atoms with van der Waals surface area (Å²) in [6.07, 6.45) is -16.1. The van der Waals surface area contributed by atoms with Crippen LogP contribution >= 0.6 is 0 Å². The van der Waals surface area contributed by atoms with Crippen LogP contribution in [0.1, 0.15) is 85.1 Å². The Morgan fingerprint density at radius 2 is 1.56 bits per heavy atom. The van der Waals surface area contributed by atoms with Gasteiger partial charge in [-0.15, -0.1) is 10.2 Å². The van der Waals surface area contributed by atoms with Crippen LogP contribution in [-0.4, -0.2) is 67.7 Å². The first-order valence-corrected chi connectivity index (χ1v) is 13.8. The number of aliphatic hydroxyl groups excluding tert-OH is 1. The van der Waals surface area contributed by atoms with Crippen molar-refractivity contribution >= 4 is 17.9 Å². The fraction of sp³-hybridized carbons (Fsp3) is 0.667. The Hall–Kier alpha value is -3.67. The minimum atomic E-state index is -5.33. The van der Waals surface area contributed by atoms with E-state index in [0.717, 1.165) is 0 Å². The van der Waals surface area contributed by atoms with Crippen molar-refractivity contribution in [2.24, 2.45) is 0 Å². The molecule has 0 saturated heterocycles. The lowest BCUT2D eigenvalue weighted by Gasteiger charge is -2.30. The van der Waals surface area contributed by atoms with E-state index in [9.17, 15) is 46.1 Å². The summed E-state index contributed by atoms with van der Waals surface area (Å²) in [4.78, 5) is 30.5. The van der Waals surface area contributed by atoms with Crippen molar-refractivity contribution in [3.63, 3.8) is 0 Å². The average Bonchev–Trinajstić information content (AvgIpc) is 3.34. The molecule has 18 heteroatoms. The molecule has 0 radical (unpaired) electrons. The molecule has 252 valence electrons. The third-order valence-electron chi connectivity index (χ3n) is 6.16. The van der Waals surface area contributed by atoms with E-state index in [-0.39, 0.29) is 36.6 Å². The van der Waals surface area contributed by atoms with Gasteiger partial charge in [-0.3, -0.25) is 0 Å². The molecule has 2 amide bonds. The van der Waals surface area contributed by atoms with Crippen molar-refractivity contribution in [2.45, 2.75) is 109 Å². The predicted molar refractivity (Wildman–Crippen MR) is 142 cm³/mol. The van der Waals surface area contributed by atoms with Gasteiger partial charge in [0.05, 0.1) is 12.3 Å². The van der Waals surface area contributed by atoms with Crippen LogP contribution in [0, 0.1) is 0 Å². The van der Waals surface area contributed by atoms with Crippen molar-refractivity contribution in [3.8, 4) is 17.5 Å². The maximum absolute atomic E-state index is 14.4. The number of rotatable bonds is 2. The number of fused-ring (bicyclic) bond motifs is 5. The molecular weight excluding hydrogens is 622 g/mol. The van der Waals surface area contributed by atoms with E-state index in [0.29, 0.717) is 0 Å². The molecule has 1 aliphatic heterocycles. The number of carbonyl (C=O) groups excluding carboxylic acids is 2. The number of hydrogen-bond donors (Lipinski definition) is 2. The van der Waals surface area contributed by atoms with Crippen LogP contribution < -0.4 is 9.64 Å². The molecule has 4 bridgehead atoms. The second-order valence-corrected chi connectivity index (χ2v) is 12.3. The number of amides is 2. The molecule has 12 nitrogen and oxygen atoms in total. The summed E-state index contributed by atoms with van der Waals surface area (Å²) in [6.45, 7) is 7.60. The lowest BCUT2D eigenvalue weighted by Crippen LogP contribution is -2.44. The van der Waals surface area contributed by atoms with Gasteiger partial charge in [0.1, 0.15) is 22.9 Å². The zero-order valence-electron chi connectivity index (χ0n) is 25.3. The number of hydrogen-bond acceptors (Lipinski definition) is 11. The smallest absolute Gasteiger partial charge is 0.426 e. The Bertz CT molecular complexity index is 1360. The number of alkyl halides is 6. The Morgan fingerprint density at radius 1 is 0.978 bits per heavy atom. The molecule has 2 aromatic heterocycles. The van der Waals surface area contributed by atoms with Gasteiger partial charge >= 0.3 is 24.5 Å². The van der Waals surface area contributed by atoms with E-state index in [1.54, 1.807) is 0 Å². The summed E-state index contributed by atoms with van der Waals surface area (Å²) >= 11 is 0. The van der Waals surface area contributed by atoms with E-state index in [2.05, 4.69) is 15.2 Å². The fourth-order valence-electron chi connectivity index (χ4n) is 4.12. The first-order chi connectivity index (χ1) is 20.5. The molecule has 0 unspecified atom stereocenters. The van der Waals surface area contributed by atoms with Crippen LogP contribution in [0.5, 0.6) is 5.88 Å². The molecule has 2 atom stereocenters. The largest absolute Gasteiger partial charge is 0.471 e. The second-order valence-electron chi connectivity index (χ2n) is 12.3.